The molecule has 9 nitrogen and oxygen atoms in total. The van der Waals surface area contributed by atoms with Crippen molar-refractivity contribution in [2.45, 2.75) is 39.1 Å². The Balaban J connectivity index is 0.000000181. The van der Waals surface area contributed by atoms with Crippen molar-refractivity contribution < 1.29 is 28.1 Å². The SMILES string of the molecule is CC(CN1CCN(CCOCCO)CC1)CN1c2ccccc2Sc2ccccc21.OCCN1CCN(CCCN2c3ccccc3Sc3ccc(C(F)(F)F)cc32)CC1. The average molecular weight is 865 g/mol. The third-order valence-electron chi connectivity index (χ3n) is 11.5. The van der Waals surface area contributed by atoms with E-state index in [9.17, 15) is 13.2 Å². The lowest BCUT2D eigenvalue weighted by atomic mass is 10.1. The molecule has 4 aromatic carbocycles. The van der Waals surface area contributed by atoms with Gasteiger partial charge in [0, 0.05) is 105 Å². The van der Waals surface area contributed by atoms with Gasteiger partial charge in [-0.05, 0) is 73.5 Å². The second-order valence-electron chi connectivity index (χ2n) is 15.9. The molecule has 1 atom stereocenters. The number of rotatable bonds is 15. The number of hydrogen-bond acceptors (Lipinski definition) is 11. The van der Waals surface area contributed by atoms with Gasteiger partial charge in [0.1, 0.15) is 0 Å². The maximum Gasteiger partial charge on any atom is 0.416 e. The van der Waals surface area contributed by atoms with Gasteiger partial charge in [0.15, 0.2) is 0 Å². The molecule has 14 heteroatoms. The molecular formula is C46H59F3N6O3S2. The van der Waals surface area contributed by atoms with Gasteiger partial charge in [0.25, 0.3) is 0 Å². The Kier molecular flexibility index (Phi) is 16.2. The van der Waals surface area contributed by atoms with Crippen LogP contribution in [0.15, 0.2) is 111 Å². The van der Waals surface area contributed by atoms with E-state index in [4.69, 9.17) is 14.9 Å². The lowest BCUT2D eigenvalue weighted by Gasteiger charge is -2.38. The number of β-amino-alcohol motifs (C(OH)–C–C–N with tert-alkyl or cyclic N) is 1. The number of aliphatic hydroxyl groups excluding tert-OH is 2. The Labute approximate surface area is 362 Å². The Morgan fingerprint density at radius 3 is 1.60 bits per heavy atom. The van der Waals surface area contributed by atoms with Gasteiger partial charge >= 0.3 is 6.18 Å². The first-order chi connectivity index (χ1) is 29.2. The van der Waals surface area contributed by atoms with Crippen LogP contribution < -0.4 is 9.80 Å². The van der Waals surface area contributed by atoms with Crippen LogP contribution in [0.2, 0.25) is 0 Å². The zero-order chi connectivity index (χ0) is 41.9. The molecule has 1 unspecified atom stereocenters. The number of fused-ring (bicyclic) bond motifs is 4. The fourth-order valence-electron chi connectivity index (χ4n) is 8.42. The second-order valence-corrected chi connectivity index (χ2v) is 18.1. The number of anilines is 4. The van der Waals surface area contributed by atoms with Gasteiger partial charge in [-0.3, -0.25) is 9.80 Å². The van der Waals surface area contributed by atoms with E-state index in [0.717, 1.165) is 100 Å². The highest BCUT2D eigenvalue weighted by Gasteiger charge is 2.33. The van der Waals surface area contributed by atoms with Crippen molar-refractivity contribution >= 4 is 46.3 Å². The Bertz CT molecular complexity index is 1920. The van der Waals surface area contributed by atoms with Crippen LogP contribution in [0.5, 0.6) is 0 Å². The molecule has 0 spiro atoms. The van der Waals surface area contributed by atoms with Crippen LogP contribution in [0.4, 0.5) is 35.9 Å². The third kappa shape index (κ3) is 11.8. The molecule has 0 saturated carbocycles. The van der Waals surface area contributed by atoms with Crippen molar-refractivity contribution in [3.05, 3.63) is 96.6 Å². The van der Waals surface area contributed by atoms with Crippen molar-refractivity contribution in [3.8, 4) is 0 Å². The topological polar surface area (TPSA) is 69.1 Å². The first-order valence-corrected chi connectivity index (χ1v) is 22.9. The number of aliphatic hydroxyl groups is 2. The van der Waals surface area contributed by atoms with Crippen LogP contribution in [0, 0.1) is 5.92 Å². The molecule has 0 aliphatic carbocycles. The predicted molar refractivity (Wildman–Crippen MR) is 238 cm³/mol. The molecule has 2 fully saturated rings. The van der Waals surface area contributed by atoms with E-state index in [-0.39, 0.29) is 13.2 Å². The summed E-state index contributed by atoms with van der Waals surface area (Å²) in [6.07, 6.45) is -3.48. The number of nitrogens with zero attached hydrogens (tertiary/aromatic N) is 6. The van der Waals surface area contributed by atoms with E-state index < -0.39 is 11.7 Å². The van der Waals surface area contributed by atoms with Gasteiger partial charge in [-0.25, -0.2) is 0 Å². The molecule has 4 aliphatic heterocycles. The van der Waals surface area contributed by atoms with E-state index in [1.807, 2.05) is 40.9 Å². The Morgan fingerprint density at radius 2 is 1.05 bits per heavy atom. The molecule has 0 bridgehead atoms. The normalized spacial score (nSPS) is 17.9. The van der Waals surface area contributed by atoms with Crippen LogP contribution in [0.25, 0.3) is 0 Å². The van der Waals surface area contributed by atoms with Crippen LogP contribution in [-0.4, -0.2) is 148 Å². The molecule has 324 valence electrons. The maximum absolute atomic E-state index is 13.3. The lowest BCUT2D eigenvalue weighted by Crippen LogP contribution is -2.49. The largest absolute Gasteiger partial charge is 0.416 e. The zero-order valence-corrected chi connectivity index (χ0v) is 36.2. The van der Waals surface area contributed by atoms with Crippen molar-refractivity contribution in [1.82, 2.24) is 19.6 Å². The molecule has 60 heavy (non-hydrogen) atoms. The minimum absolute atomic E-state index is 0.107. The van der Waals surface area contributed by atoms with Crippen molar-refractivity contribution in [1.29, 1.82) is 0 Å². The lowest BCUT2D eigenvalue weighted by molar-refractivity contribution is -0.137. The smallest absolute Gasteiger partial charge is 0.395 e. The summed E-state index contributed by atoms with van der Waals surface area (Å²) in [7, 11) is 0. The predicted octanol–water partition coefficient (Wildman–Crippen LogP) is 7.86. The van der Waals surface area contributed by atoms with E-state index in [2.05, 4.69) is 80.0 Å². The molecule has 4 aliphatic rings. The quantitative estimate of drug-likeness (QED) is 0.115. The molecule has 8 rings (SSSR count). The Hall–Kier alpha value is -3.31. The summed E-state index contributed by atoms with van der Waals surface area (Å²) in [5.74, 6) is 0.577. The molecule has 0 amide bonds. The summed E-state index contributed by atoms with van der Waals surface area (Å²) in [4.78, 5) is 18.9. The number of para-hydroxylation sites is 3. The molecule has 2 saturated heterocycles. The minimum atomic E-state index is -4.35. The number of hydrogen-bond donors (Lipinski definition) is 2. The summed E-state index contributed by atoms with van der Waals surface area (Å²) in [5, 5.41) is 17.9. The van der Waals surface area contributed by atoms with E-state index in [0.29, 0.717) is 37.9 Å². The number of ether oxygens (including phenoxy) is 1. The summed E-state index contributed by atoms with van der Waals surface area (Å²) >= 11 is 3.40. The fraction of sp³-hybridized carbons (Fsp3) is 0.478. The third-order valence-corrected chi connectivity index (χ3v) is 13.8. The number of benzene rings is 4. The monoisotopic (exact) mass is 864 g/mol. The molecule has 4 aromatic rings. The highest BCUT2D eigenvalue weighted by molar-refractivity contribution is 8.00. The first kappa shape index (κ1) is 44.7. The van der Waals surface area contributed by atoms with Gasteiger partial charge in [-0.2, -0.15) is 13.2 Å². The maximum atomic E-state index is 13.3. The fourth-order valence-corrected chi connectivity index (χ4v) is 10.6. The van der Waals surface area contributed by atoms with Crippen LogP contribution in [0.1, 0.15) is 18.9 Å². The van der Waals surface area contributed by atoms with Crippen LogP contribution in [0.3, 0.4) is 0 Å². The summed E-state index contributed by atoms with van der Waals surface area (Å²) < 4.78 is 45.3. The molecule has 0 radical (unpaired) electrons. The van der Waals surface area contributed by atoms with Gasteiger partial charge in [-0.1, -0.05) is 66.8 Å². The van der Waals surface area contributed by atoms with Crippen LogP contribution in [-0.2, 0) is 10.9 Å². The van der Waals surface area contributed by atoms with Gasteiger partial charge in [0.2, 0.25) is 0 Å². The van der Waals surface area contributed by atoms with Crippen molar-refractivity contribution in [2.24, 2.45) is 5.92 Å². The number of alkyl halides is 3. The van der Waals surface area contributed by atoms with E-state index >= 15 is 0 Å². The standard InChI is InChI=1S/C24H33N3O2S.C22H26F3N3OS/c1-20(18-26-12-10-25(11-13-26)14-16-29-17-15-28)19-27-21-6-2-4-8-23(21)30-24-9-5-3-7-22(24)27;23-22(24,25)17-6-7-21-19(16-17)28(18-4-1-2-5-20(18)30-21)9-3-8-26-10-12-27(13-11-26)14-15-29/h2-9,20,28H,10-19H2,1H3;1-2,4-7,16,29H,3,8-15H2. The van der Waals surface area contributed by atoms with Crippen molar-refractivity contribution in [2.75, 3.05) is 128 Å². The molecular weight excluding hydrogens is 806 g/mol. The molecule has 0 aromatic heterocycles. The van der Waals surface area contributed by atoms with E-state index in [1.54, 1.807) is 6.07 Å². The van der Waals surface area contributed by atoms with E-state index in [1.165, 1.54) is 45.1 Å². The van der Waals surface area contributed by atoms with Gasteiger partial charge < -0.3 is 34.5 Å². The van der Waals surface area contributed by atoms with Gasteiger partial charge in [-0.15, -0.1) is 0 Å². The number of piperazine rings is 2. The van der Waals surface area contributed by atoms with Gasteiger partial charge in [0.05, 0.1) is 54.7 Å². The average Bonchev–Trinajstić information content (AvgIpc) is 3.26. The molecule has 2 N–H and O–H groups in total. The number of halogens is 3. The highest BCUT2D eigenvalue weighted by atomic mass is 32.2. The highest BCUT2D eigenvalue weighted by Crippen LogP contribution is 2.50. The first-order valence-electron chi connectivity index (χ1n) is 21.3. The summed E-state index contributed by atoms with van der Waals surface area (Å²) in [6.45, 7) is 17.5. The summed E-state index contributed by atoms with van der Waals surface area (Å²) in [5.41, 5.74) is 3.68. The minimum Gasteiger partial charge on any atom is -0.395 e. The Morgan fingerprint density at radius 1 is 0.550 bits per heavy atom. The summed E-state index contributed by atoms with van der Waals surface area (Å²) in [6, 6.07) is 29.5. The zero-order valence-electron chi connectivity index (χ0n) is 34.6. The molecule has 4 heterocycles. The second kappa shape index (κ2) is 21.7. The van der Waals surface area contributed by atoms with Crippen molar-refractivity contribution in [3.63, 3.8) is 0 Å². The van der Waals surface area contributed by atoms with Crippen LogP contribution >= 0.6 is 23.5 Å².